The van der Waals surface area contributed by atoms with E-state index >= 15 is 0 Å². The molecular formula is C14H18N2O5. The van der Waals surface area contributed by atoms with Crippen molar-refractivity contribution < 1.29 is 24.6 Å². The van der Waals surface area contributed by atoms with Crippen molar-refractivity contribution in [3.63, 3.8) is 0 Å². The zero-order valence-electron chi connectivity index (χ0n) is 11.5. The maximum Gasteiger partial charge on any atom is 0.326 e. The van der Waals surface area contributed by atoms with Crippen LogP contribution in [0.15, 0.2) is 30.3 Å². The Bertz CT molecular complexity index is 517. The molecule has 1 aromatic carbocycles. The van der Waals surface area contributed by atoms with E-state index in [2.05, 4.69) is 5.32 Å². The van der Waals surface area contributed by atoms with Crippen LogP contribution in [0.4, 0.5) is 0 Å². The summed E-state index contributed by atoms with van der Waals surface area (Å²) in [5.74, 6) is -3.71. The van der Waals surface area contributed by atoms with Gasteiger partial charge in [-0.05, 0) is 5.56 Å². The molecule has 0 saturated heterocycles. The molecule has 3 atom stereocenters. The van der Waals surface area contributed by atoms with Crippen LogP contribution in [0.2, 0.25) is 0 Å². The Kier molecular flexibility index (Phi) is 5.86. The molecule has 0 aromatic heterocycles. The minimum atomic E-state index is -1.28. The van der Waals surface area contributed by atoms with Gasteiger partial charge in [0, 0.05) is 5.92 Å². The van der Waals surface area contributed by atoms with E-state index in [4.69, 9.17) is 10.8 Å². The van der Waals surface area contributed by atoms with E-state index < -0.39 is 42.3 Å². The second-order valence-corrected chi connectivity index (χ2v) is 4.73. The molecule has 0 aliphatic heterocycles. The third-order valence-corrected chi connectivity index (χ3v) is 3.12. The fourth-order valence-electron chi connectivity index (χ4n) is 1.89. The molecule has 21 heavy (non-hydrogen) atoms. The number of benzene rings is 1. The standard InChI is InChI=1S/C14H18N2O5/c1-8(9-5-3-2-4-6-9)12(14(20)21)16-13(19)10(15)7-11(17)18/h2-6,8,10,12H,7,15H2,1H3,(H,16,19)(H,17,18)(H,20,21)/t8?,10-,12-/m0/s1. The van der Waals surface area contributed by atoms with Crippen LogP contribution in [0.3, 0.4) is 0 Å². The highest BCUT2D eigenvalue weighted by atomic mass is 16.4. The van der Waals surface area contributed by atoms with E-state index in [1.165, 1.54) is 0 Å². The number of amides is 1. The van der Waals surface area contributed by atoms with Crippen LogP contribution in [0, 0.1) is 0 Å². The predicted molar refractivity (Wildman–Crippen MR) is 74.7 cm³/mol. The summed E-state index contributed by atoms with van der Waals surface area (Å²) < 4.78 is 0. The second-order valence-electron chi connectivity index (χ2n) is 4.73. The molecule has 114 valence electrons. The number of carbonyl (C=O) groups is 3. The number of rotatable bonds is 7. The Balaban J connectivity index is 2.81. The number of carboxylic acid groups (broad SMARTS) is 2. The third-order valence-electron chi connectivity index (χ3n) is 3.12. The van der Waals surface area contributed by atoms with Crippen LogP contribution in [0.5, 0.6) is 0 Å². The first-order valence-electron chi connectivity index (χ1n) is 6.38. The molecule has 7 heteroatoms. The Morgan fingerprint density at radius 2 is 1.76 bits per heavy atom. The summed E-state index contributed by atoms with van der Waals surface area (Å²) in [6.45, 7) is 1.66. The van der Waals surface area contributed by atoms with Gasteiger partial charge in [-0.25, -0.2) is 4.79 Å². The van der Waals surface area contributed by atoms with Gasteiger partial charge < -0.3 is 21.3 Å². The number of nitrogens with two attached hydrogens (primary N) is 1. The van der Waals surface area contributed by atoms with Gasteiger partial charge in [0.2, 0.25) is 5.91 Å². The number of hydrogen-bond acceptors (Lipinski definition) is 4. The van der Waals surface area contributed by atoms with Crippen molar-refractivity contribution in [2.24, 2.45) is 5.73 Å². The van der Waals surface area contributed by atoms with Crippen LogP contribution < -0.4 is 11.1 Å². The zero-order chi connectivity index (χ0) is 16.0. The summed E-state index contributed by atoms with van der Waals surface area (Å²) in [6.07, 6.45) is -0.558. The Hall–Kier alpha value is -2.41. The number of aliphatic carboxylic acids is 2. The van der Waals surface area contributed by atoms with E-state index in [1.54, 1.807) is 37.3 Å². The first kappa shape index (κ1) is 16.6. The van der Waals surface area contributed by atoms with Gasteiger partial charge in [0.15, 0.2) is 0 Å². The topological polar surface area (TPSA) is 130 Å². The normalized spacial score (nSPS) is 14.8. The Labute approximate surface area is 121 Å². The summed E-state index contributed by atoms with van der Waals surface area (Å²) in [5, 5.41) is 20.1. The van der Waals surface area contributed by atoms with Gasteiger partial charge in [0.25, 0.3) is 0 Å². The molecule has 0 fully saturated rings. The van der Waals surface area contributed by atoms with Crippen molar-refractivity contribution in [3.8, 4) is 0 Å². The number of carboxylic acids is 2. The lowest BCUT2D eigenvalue weighted by atomic mass is 9.93. The van der Waals surface area contributed by atoms with E-state index in [0.29, 0.717) is 0 Å². The highest BCUT2D eigenvalue weighted by molar-refractivity contribution is 5.89. The van der Waals surface area contributed by atoms with Gasteiger partial charge in [0.1, 0.15) is 6.04 Å². The summed E-state index contributed by atoms with van der Waals surface area (Å²) >= 11 is 0. The molecule has 0 aliphatic carbocycles. The average molecular weight is 294 g/mol. The van der Waals surface area contributed by atoms with E-state index in [1.807, 2.05) is 0 Å². The number of hydrogen-bond donors (Lipinski definition) is 4. The van der Waals surface area contributed by atoms with Gasteiger partial charge in [-0.1, -0.05) is 37.3 Å². The molecule has 1 unspecified atom stereocenters. The van der Waals surface area contributed by atoms with E-state index in [0.717, 1.165) is 5.56 Å². The van der Waals surface area contributed by atoms with Crippen molar-refractivity contribution in [1.29, 1.82) is 0 Å². The molecule has 1 aromatic rings. The van der Waals surface area contributed by atoms with Crippen molar-refractivity contribution in [1.82, 2.24) is 5.32 Å². The van der Waals surface area contributed by atoms with E-state index in [9.17, 15) is 19.5 Å². The Morgan fingerprint density at radius 1 is 1.19 bits per heavy atom. The lowest BCUT2D eigenvalue weighted by Crippen LogP contribution is -2.50. The van der Waals surface area contributed by atoms with Crippen LogP contribution in [0.25, 0.3) is 0 Å². The zero-order valence-corrected chi connectivity index (χ0v) is 11.5. The van der Waals surface area contributed by atoms with Crippen LogP contribution in [0.1, 0.15) is 24.8 Å². The smallest absolute Gasteiger partial charge is 0.326 e. The third kappa shape index (κ3) is 4.88. The summed E-state index contributed by atoms with van der Waals surface area (Å²) in [6, 6.07) is 6.37. The first-order chi connectivity index (χ1) is 9.82. The molecule has 1 rings (SSSR count). The molecule has 7 nitrogen and oxygen atoms in total. The van der Waals surface area contributed by atoms with Crippen LogP contribution >= 0.6 is 0 Å². The van der Waals surface area contributed by atoms with Crippen molar-refractivity contribution in [2.75, 3.05) is 0 Å². The summed E-state index contributed by atoms with van der Waals surface area (Å²) in [5.41, 5.74) is 6.17. The van der Waals surface area contributed by atoms with Gasteiger partial charge in [-0.15, -0.1) is 0 Å². The maximum atomic E-state index is 11.8. The maximum absolute atomic E-state index is 11.8. The number of carbonyl (C=O) groups excluding carboxylic acids is 1. The monoisotopic (exact) mass is 294 g/mol. The van der Waals surface area contributed by atoms with Crippen molar-refractivity contribution in [3.05, 3.63) is 35.9 Å². The fourth-order valence-corrected chi connectivity index (χ4v) is 1.89. The predicted octanol–water partition coefficient (Wildman–Crippen LogP) is 0.162. The molecule has 0 bridgehead atoms. The van der Waals surface area contributed by atoms with Gasteiger partial charge in [-0.2, -0.15) is 0 Å². The number of nitrogens with one attached hydrogen (secondary N) is 1. The van der Waals surface area contributed by atoms with Gasteiger partial charge in [-0.3, -0.25) is 9.59 Å². The van der Waals surface area contributed by atoms with Crippen molar-refractivity contribution >= 4 is 17.8 Å². The highest BCUT2D eigenvalue weighted by Gasteiger charge is 2.29. The molecule has 0 aliphatic rings. The molecule has 5 N–H and O–H groups in total. The molecular weight excluding hydrogens is 276 g/mol. The van der Waals surface area contributed by atoms with Crippen molar-refractivity contribution in [2.45, 2.75) is 31.3 Å². The lowest BCUT2D eigenvalue weighted by molar-refractivity contribution is -0.143. The first-order valence-corrected chi connectivity index (χ1v) is 6.38. The summed E-state index contributed by atoms with van der Waals surface area (Å²) in [4.78, 5) is 33.6. The fraction of sp³-hybridized carbons (Fsp3) is 0.357. The van der Waals surface area contributed by atoms with Gasteiger partial charge >= 0.3 is 11.9 Å². The molecule has 1 amide bonds. The lowest BCUT2D eigenvalue weighted by Gasteiger charge is -2.23. The minimum Gasteiger partial charge on any atom is -0.481 e. The Morgan fingerprint density at radius 3 is 2.24 bits per heavy atom. The van der Waals surface area contributed by atoms with Crippen LogP contribution in [-0.2, 0) is 14.4 Å². The summed E-state index contributed by atoms with van der Waals surface area (Å²) in [7, 11) is 0. The molecule has 0 spiro atoms. The molecule has 0 heterocycles. The highest BCUT2D eigenvalue weighted by Crippen LogP contribution is 2.19. The van der Waals surface area contributed by atoms with Gasteiger partial charge in [0.05, 0.1) is 12.5 Å². The SMILES string of the molecule is CC(c1ccccc1)[C@H](NC(=O)[C@@H](N)CC(=O)O)C(=O)O. The van der Waals surface area contributed by atoms with E-state index in [-0.39, 0.29) is 0 Å². The largest absolute Gasteiger partial charge is 0.481 e. The minimum absolute atomic E-state index is 0.482. The van der Waals surface area contributed by atoms with Crippen LogP contribution in [-0.4, -0.2) is 40.1 Å². The second kappa shape index (κ2) is 7.39. The quantitative estimate of drug-likeness (QED) is 0.567. The molecule has 0 radical (unpaired) electrons. The average Bonchev–Trinajstić information content (AvgIpc) is 2.43. The molecule has 0 saturated carbocycles.